The average Bonchev–Trinajstić information content (AvgIpc) is 2.74. The molecule has 5 nitrogen and oxygen atoms in total. The van der Waals surface area contributed by atoms with E-state index in [1.165, 1.54) is 11.0 Å². The third kappa shape index (κ3) is 2.72. The number of amides is 1. The van der Waals surface area contributed by atoms with Gasteiger partial charge in [0.1, 0.15) is 6.04 Å². The zero-order chi connectivity index (χ0) is 14.2. The van der Waals surface area contributed by atoms with Gasteiger partial charge in [0.2, 0.25) is 0 Å². The van der Waals surface area contributed by atoms with Crippen molar-refractivity contribution in [1.29, 1.82) is 0 Å². The molecule has 0 bridgehead atoms. The van der Waals surface area contributed by atoms with Crippen molar-refractivity contribution in [3.63, 3.8) is 0 Å². The van der Waals surface area contributed by atoms with E-state index >= 15 is 0 Å². The number of halogens is 1. The second kappa shape index (κ2) is 5.19. The highest BCUT2D eigenvalue weighted by Gasteiger charge is 2.39. The van der Waals surface area contributed by atoms with Crippen molar-refractivity contribution in [2.24, 2.45) is 0 Å². The molecule has 19 heavy (non-hydrogen) atoms. The highest BCUT2D eigenvalue weighted by atomic mass is 35.5. The number of β-amino-alcohol motifs (C(OH)–C–C–N with tert-alkyl or cyclic N) is 1. The molecule has 1 saturated heterocycles. The van der Waals surface area contributed by atoms with Crippen LogP contribution >= 0.6 is 11.6 Å². The molecule has 0 spiro atoms. The lowest BCUT2D eigenvalue weighted by atomic mass is 10.1. The summed E-state index contributed by atoms with van der Waals surface area (Å²) in [5.74, 6) is -1.52. The number of aliphatic hydroxyl groups excluding tert-OH is 1. The molecule has 2 N–H and O–H groups in total. The van der Waals surface area contributed by atoms with Crippen LogP contribution in [-0.2, 0) is 4.79 Å². The van der Waals surface area contributed by atoms with Crippen LogP contribution in [0.1, 0.15) is 22.3 Å². The molecule has 0 aromatic heterocycles. The Labute approximate surface area is 115 Å². The Kier molecular flexibility index (Phi) is 3.78. The second-order valence-electron chi connectivity index (χ2n) is 4.66. The lowest BCUT2D eigenvalue weighted by molar-refractivity contribution is -0.141. The summed E-state index contributed by atoms with van der Waals surface area (Å²) in [6.45, 7) is 1.79. The monoisotopic (exact) mass is 283 g/mol. The zero-order valence-electron chi connectivity index (χ0n) is 10.3. The summed E-state index contributed by atoms with van der Waals surface area (Å²) in [5, 5.41) is 19.1. The Bertz CT molecular complexity index is 531. The number of hydrogen-bond donors (Lipinski definition) is 2. The average molecular weight is 284 g/mol. The molecule has 0 saturated carbocycles. The maximum Gasteiger partial charge on any atom is 0.326 e. The largest absolute Gasteiger partial charge is 0.480 e. The van der Waals surface area contributed by atoms with E-state index in [0.29, 0.717) is 10.6 Å². The highest BCUT2D eigenvalue weighted by Crippen LogP contribution is 2.24. The fourth-order valence-corrected chi connectivity index (χ4v) is 2.42. The van der Waals surface area contributed by atoms with E-state index in [1.807, 2.05) is 0 Å². The zero-order valence-corrected chi connectivity index (χ0v) is 11.1. The number of aliphatic hydroxyl groups is 1. The van der Waals surface area contributed by atoms with E-state index in [4.69, 9.17) is 16.7 Å². The molecule has 1 aromatic rings. The van der Waals surface area contributed by atoms with Gasteiger partial charge in [0.05, 0.1) is 6.10 Å². The first-order valence-electron chi connectivity index (χ1n) is 5.88. The number of rotatable bonds is 2. The van der Waals surface area contributed by atoms with Crippen molar-refractivity contribution in [3.8, 4) is 0 Å². The van der Waals surface area contributed by atoms with Crippen LogP contribution in [0.2, 0.25) is 5.02 Å². The Morgan fingerprint density at radius 3 is 2.74 bits per heavy atom. The third-order valence-electron chi connectivity index (χ3n) is 3.25. The molecule has 0 radical (unpaired) electrons. The summed E-state index contributed by atoms with van der Waals surface area (Å²) in [5.41, 5.74) is 1.09. The molecule has 0 aliphatic carbocycles. The van der Waals surface area contributed by atoms with Crippen LogP contribution in [0.4, 0.5) is 0 Å². The summed E-state index contributed by atoms with van der Waals surface area (Å²) < 4.78 is 0. The number of likely N-dealkylation sites (tertiary alicyclic amines) is 1. The smallest absolute Gasteiger partial charge is 0.326 e. The van der Waals surface area contributed by atoms with Gasteiger partial charge >= 0.3 is 5.97 Å². The number of carbonyl (C=O) groups is 2. The third-order valence-corrected chi connectivity index (χ3v) is 3.49. The molecule has 1 amide bonds. The summed E-state index contributed by atoms with van der Waals surface area (Å²) in [6.07, 6.45) is -0.745. The van der Waals surface area contributed by atoms with Gasteiger partial charge in [-0.25, -0.2) is 4.79 Å². The SMILES string of the molecule is Cc1ccc(Cl)cc1C(=O)N1C[C@H](O)C[C@@H]1C(=O)O. The van der Waals surface area contributed by atoms with Crippen LogP contribution in [0.15, 0.2) is 18.2 Å². The molecule has 1 aliphatic rings. The molecule has 2 rings (SSSR count). The fraction of sp³-hybridized carbons (Fsp3) is 0.385. The Morgan fingerprint density at radius 2 is 2.11 bits per heavy atom. The van der Waals surface area contributed by atoms with Crippen molar-refractivity contribution in [2.75, 3.05) is 6.54 Å². The Hall–Kier alpha value is -1.59. The number of hydrogen-bond acceptors (Lipinski definition) is 3. The summed E-state index contributed by atoms with van der Waals surface area (Å²) in [7, 11) is 0. The lowest BCUT2D eigenvalue weighted by Crippen LogP contribution is -2.40. The first-order chi connectivity index (χ1) is 8.90. The van der Waals surface area contributed by atoms with E-state index in [-0.39, 0.29) is 13.0 Å². The van der Waals surface area contributed by atoms with Gasteiger partial charge in [-0.05, 0) is 24.6 Å². The summed E-state index contributed by atoms with van der Waals surface area (Å²) >= 11 is 5.86. The van der Waals surface area contributed by atoms with Crippen LogP contribution in [0, 0.1) is 6.92 Å². The van der Waals surface area contributed by atoms with Gasteiger partial charge in [-0.1, -0.05) is 17.7 Å². The van der Waals surface area contributed by atoms with Gasteiger partial charge in [-0.15, -0.1) is 0 Å². The number of aliphatic carboxylic acids is 1. The maximum atomic E-state index is 12.4. The van der Waals surface area contributed by atoms with Crippen molar-refractivity contribution < 1.29 is 19.8 Å². The van der Waals surface area contributed by atoms with Gasteiger partial charge in [0.15, 0.2) is 0 Å². The van der Waals surface area contributed by atoms with Crippen LogP contribution in [0.5, 0.6) is 0 Å². The topological polar surface area (TPSA) is 77.8 Å². The molecule has 1 aromatic carbocycles. The first-order valence-corrected chi connectivity index (χ1v) is 6.26. The minimum atomic E-state index is -1.11. The quantitative estimate of drug-likeness (QED) is 0.858. The number of carbonyl (C=O) groups excluding carboxylic acids is 1. The van der Waals surface area contributed by atoms with E-state index in [2.05, 4.69) is 0 Å². The van der Waals surface area contributed by atoms with Gasteiger partial charge in [-0.2, -0.15) is 0 Å². The molecule has 0 unspecified atom stereocenters. The van der Waals surface area contributed by atoms with Crippen LogP contribution in [-0.4, -0.2) is 45.7 Å². The molecule has 102 valence electrons. The number of carboxylic acid groups (broad SMARTS) is 1. The normalized spacial score (nSPS) is 22.6. The molecule has 6 heteroatoms. The number of nitrogens with zero attached hydrogens (tertiary/aromatic N) is 1. The van der Waals surface area contributed by atoms with Gasteiger partial charge in [-0.3, -0.25) is 4.79 Å². The van der Waals surface area contributed by atoms with Crippen molar-refractivity contribution in [3.05, 3.63) is 34.3 Å². The second-order valence-corrected chi connectivity index (χ2v) is 5.10. The van der Waals surface area contributed by atoms with Gasteiger partial charge in [0, 0.05) is 23.6 Å². The molecule has 1 aliphatic heterocycles. The Morgan fingerprint density at radius 1 is 1.42 bits per heavy atom. The van der Waals surface area contributed by atoms with E-state index < -0.39 is 24.0 Å². The van der Waals surface area contributed by atoms with Crippen LogP contribution in [0.3, 0.4) is 0 Å². The van der Waals surface area contributed by atoms with Crippen molar-refractivity contribution in [2.45, 2.75) is 25.5 Å². The minimum Gasteiger partial charge on any atom is -0.480 e. The molecule has 2 atom stereocenters. The highest BCUT2D eigenvalue weighted by molar-refractivity contribution is 6.31. The summed E-state index contributed by atoms with van der Waals surface area (Å²) in [4.78, 5) is 24.7. The predicted molar refractivity (Wildman–Crippen MR) is 69.3 cm³/mol. The molecule has 1 heterocycles. The molecular weight excluding hydrogens is 270 g/mol. The van der Waals surface area contributed by atoms with Gasteiger partial charge in [0.25, 0.3) is 5.91 Å². The lowest BCUT2D eigenvalue weighted by Gasteiger charge is -2.22. The molecule has 1 fully saturated rings. The number of carboxylic acids is 1. The summed E-state index contributed by atoms with van der Waals surface area (Å²) in [6, 6.07) is 3.91. The van der Waals surface area contributed by atoms with E-state index in [0.717, 1.165) is 5.56 Å². The maximum absolute atomic E-state index is 12.4. The number of benzene rings is 1. The first kappa shape index (κ1) is 13.8. The molecular formula is C13H14ClNO4. The standard InChI is InChI=1S/C13H14ClNO4/c1-7-2-3-8(14)4-10(7)12(17)15-6-9(16)5-11(15)13(18)19/h2-4,9,11,16H,5-6H2,1H3,(H,18,19)/t9-,11-/m1/s1. The number of aryl methyl sites for hydroxylation is 1. The van der Waals surface area contributed by atoms with Crippen LogP contribution in [0.25, 0.3) is 0 Å². The van der Waals surface area contributed by atoms with Crippen molar-refractivity contribution in [1.82, 2.24) is 4.90 Å². The Balaban J connectivity index is 2.33. The van der Waals surface area contributed by atoms with Crippen LogP contribution < -0.4 is 0 Å². The fourth-order valence-electron chi connectivity index (χ4n) is 2.25. The van der Waals surface area contributed by atoms with Crippen molar-refractivity contribution >= 4 is 23.5 Å². The van der Waals surface area contributed by atoms with E-state index in [9.17, 15) is 14.7 Å². The van der Waals surface area contributed by atoms with E-state index in [1.54, 1.807) is 19.1 Å². The minimum absolute atomic E-state index is 0.0295. The predicted octanol–water partition coefficient (Wildman–Crippen LogP) is 1.31. The van der Waals surface area contributed by atoms with Gasteiger partial charge < -0.3 is 15.1 Å².